The summed E-state index contributed by atoms with van der Waals surface area (Å²) in [4.78, 5) is 17.8. The number of aryl methyl sites for hydroxylation is 1. The summed E-state index contributed by atoms with van der Waals surface area (Å²) in [7, 11) is 3.41. The molecule has 142 valence electrons. The summed E-state index contributed by atoms with van der Waals surface area (Å²) >= 11 is 12.9. The van der Waals surface area contributed by atoms with Crippen molar-refractivity contribution in [3.63, 3.8) is 0 Å². The normalized spacial score (nSPS) is 16.8. The van der Waals surface area contributed by atoms with E-state index in [1.54, 1.807) is 4.68 Å². The van der Waals surface area contributed by atoms with Crippen molar-refractivity contribution in [2.75, 3.05) is 20.3 Å². The minimum absolute atomic E-state index is 0.0237. The highest BCUT2D eigenvalue weighted by atomic mass is 35.5. The Hall–Kier alpha value is -2.02. The van der Waals surface area contributed by atoms with E-state index in [1.807, 2.05) is 37.2 Å². The molecule has 0 unspecified atom stereocenters. The molecule has 8 heteroatoms. The molecule has 1 atom stereocenters. The van der Waals surface area contributed by atoms with Gasteiger partial charge in [0.1, 0.15) is 6.61 Å². The zero-order valence-corrected chi connectivity index (χ0v) is 16.9. The molecule has 0 fully saturated rings. The number of carbonyl (C=O) groups excluding carboxylic acids is 1. The van der Waals surface area contributed by atoms with Gasteiger partial charge < -0.3 is 14.6 Å². The fraction of sp³-hybridized carbons (Fsp3) is 0.368. The predicted octanol–water partition coefficient (Wildman–Crippen LogP) is 3.97. The highest BCUT2D eigenvalue weighted by Gasteiger charge is 2.32. The molecule has 0 bridgehead atoms. The summed E-state index contributed by atoms with van der Waals surface area (Å²) in [6.45, 7) is 2.73. The van der Waals surface area contributed by atoms with Crippen LogP contribution in [0.5, 0.6) is 0 Å². The van der Waals surface area contributed by atoms with E-state index in [9.17, 15) is 4.79 Å². The van der Waals surface area contributed by atoms with Gasteiger partial charge in [-0.05, 0) is 19.1 Å². The molecule has 0 radical (unpaired) electrons. The summed E-state index contributed by atoms with van der Waals surface area (Å²) in [5.41, 5.74) is 4.67. The van der Waals surface area contributed by atoms with Crippen LogP contribution in [0.15, 0.2) is 18.3 Å². The number of aromatic amines is 1. The van der Waals surface area contributed by atoms with Crippen LogP contribution in [0.25, 0.3) is 22.2 Å². The van der Waals surface area contributed by atoms with Crippen LogP contribution in [-0.2, 0) is 23.0 Å². The van der Waals surface area contributed by atoms with E-state index in [2.05, 4.69) is 10.1 Å². The summed E-state index contributed by atoms with van der Waals surface area (Å²) in [5, 5.41) is 6.48. The van der Waals surface area contributed by atoms with Gasteiger partial charge in [0.15, 0.2) is 0 Å². The van der Waals surface area contributed by atoms with Crippen LogP contribution in [0.3, 0.4) is 0 Å². The molecule has 2 aromatic heterocycles. The van der Waals surface area contributed by atoms with E-state index in [1.165, 1.54) is 7.11 Å². The number of fused-ring (bicyclic) bond motifs is 3. The van der Waals surface area contributed by atoms with E-state index in [0.29, 0.717) is 16.6 Å². The number of ether oxygens (including phenoxy) is 1. The van der Waals surface area contributed by atoms with Crippen molar-refractivity contribution in [2.24, 2.45) is 7.05 Å². The Labute approximate surface area is 167 Å². The maximum Gasteiger partial charge on any atom is 0.249 e. The van der Waals surface area contributed by atoms with Gasteiger partial charge in [-0.3, -0.25) is 9.48 Å². The first-order valence-electron chi connectivity index (χ1n) is 8.73. The minimum Gasteiger partial charge on any atom is -0.375 e. The molecule has 1 N–H and O–H groups in total. The van der Waals surface area contributed by atoms with Gasteiger partial charge in [-0.2, -0.15) is 5.10 Å². The van der Waals surface area contributed by atoms with Gasteiger partial charge in [-0.25, -0.2) is 0 Å². The molecule has 4 rings (SSSR count). The molecule has 0 saturated heterocycles. The number of amides is 1. The van der Waals surface area contributed by atoms with Crippen LogP contribution in [-0.4, -0.2) is 45.8 Å². The third-order valence-corrected chi connectivity index (χ3v) is 5.94. The summed E-state index contributed by atoms with van der Waals surface area (Å²) < 4.78 is 6.79. The largest absolute Gasteiger partial charge is 0.375 e. The molecular formula is C19H20Cl2N4O2. The molecular weight excluding hydrogens is 387 g/mol. The molecule has 0 saturated carbocycles. The highest BCUT2D eigenvalue weighted by Crippen LogP contribution is 2.44. The fourth-order valence-corrected chi connectivity index (χ4v) is 4.34. The lowest BCUT2D eigenvalue weighted by Crippen LogP contribution is -2.40. The lowest BCUT2D eigenvalue weighted by molar-refractivity contribution is -0.137. The van der Waals surface area contributed by atoms with Crippen LogP contribution in [0.2, 0.25) is 10.0 Å². The Morgan fingerprint density at radius 3 is 2.89 bits per heavy atom. The highest BCUT2D eigenvalue weighted by molar-refractivity contribution is 6.45. The third kappa shape index (κ3) is 2.92. The third-order valence-electron chi connectivity index (χ3n) is 5.16. The quantitative estimate of drug-likeness (QED) is 0.715. The second kappa shape index (κ2) is 6.86. The maximum atomic E-state index is 12.5. The Bertz CT molecular complexity index is 1040. The van der Waals surface area contributed by atoms with Crippen molar-refractivity contribution in [3.8, 4) is 11.3 Å². The first kappa shape index (κ1) is 18.3. The average Bonchev–Trinajstić information content (AvgIpc) is 3.23. The van der Waals surface area contributed by atoms with E-state index in [0.717, 1.165) is 39.8 Å². The van der Waals surface area contributed by atoms with Gasteiger partial charge in [0.25, 0.3) is 0 Å². The summed E-state index contributed by atoms with van der Waals surface area (Å²) in [6, 6.07) is 3.69. The number of rotatable bonds is 3. The van der Waals surface area contributed by atoms with Gasteiger partial charge in [0.05, 0.1) is 27.3 Å². The topological polar surface area (TPSA) is 63.1 Å². The van der Waals surface area contributed by atoms with Crippen LogP contribution >= 0.6 is 23.2 Å². The van der Waals surface area contributed by atoms with Crippen molar-refractivity contribution in [3.05, 3.63) is 39.6 Å². The molecule has 27 heavy (non-hydrogen) atoms. The van der Waals surface area contributed by atoms with Crippen molar-refractivity contribution in [1.29, 1.82) is 0 Å². The monoisotopic (exact) mass is 406 g/mol. The zero-order chi connectivity index (χ0) is 19.3. The van der Waals surface area contributed by atoms with E-state index < -0.39 is 0 Å². The predicted molar refractivity (Wildman–Crippen MR) is 106 cm³/mol. The first-order valence-corrected chi connectivity index (χ1v) is 9.48. The van der Waals surface area contributed by atoms with E-state index >= 15 is 0 Å². The van der Waals surface area contributed by atoms with Crippen molar-refractivity contribution >= 4 is 40.0 Å². The Kier molecular flexibility index (Phi) is 4.66. The molecule has 1 aromatic carbocycles. The Balaban J connectivity index is 1.95. The molecule has 1 amide bonds. The van der Waals surface area contributed by atoms with Gasteiger partial charge in [-0.15, -0.1) is 0 Å². The van der Waals surface area contributed by atoms with Gasteiger partial charge in [-0.1, -0.05) is 23.2 Å². The van der Waals surface area contributed by atoms with Crippen LogP contribution in [0.4, 0.5) is 0 Å². The number of methoxy groups -OCH3 is 1. The number of halogens is 2. The van der Waals surface area contributed by atoms with Gasteiger partial charge in [0, 0.05) is 55.5 Å². The summed E-state index contributed by atoms with van der Waals surface area (Å²) in [6.07, 6.45) is 2.61. The second-order valence-corrected chi connectivity index (χ2v) is 7.59. The van der Waals surface area contributed by atoms with Gasteiger partial charge in [0.2, 0.25) is 5.91 Å². The first-order chi connectivity index (χ1) is 12.9. The number of benzene rings is 1. The molecule has 1 aliphatic heterocycles. The number of carbonyl (C=O) groups is 1. The smallest absolute Gasteiger partial charge is 0.249 e. The van der Waals surface area contributed by atoms with Crippen molar-refractivity contribution in [1.82, 2.24) is 19.7 Å². The SMILES string of the molecule is COCC(=O)N1CCc2[nH]c3c(Cl)c(Cl)cc(-c4ccn(C)n4)c3c2[C@H]1C. The number of nitrogens with one attached hydrogen (secondary N) is 1. The molecule has 0 aliphatic carbocycles. The van der Waals surface area contributed by atoms with E-state index in [4.69, 9.17) is 27.9 Å². The standard InChI is InChI=1S/C19H20Cl2N4O2/c1-10-16-14(5-7-25(10)15(26)9-27-3)22-19-17(16)11(8-12(20)18(19)21)13-4-6-24(2)23-13/h4,6,8,10,22H,5,7,9H2,1-3H3/t10-/m1/s1. The average molecular weight is 407 g/mol. The van der Waals surface area contributed by atoms with Crippen molar-refractivity contribution in [2.45, 2.75) is 19.4 Å². The molecule has 6 nitrogen and oxygen atoms in total. The number of hydrogen-bond donors (Lipinski definition) is 1. The molecule has 0 spiro atoms. The number of hydrogen-bond acceptors (Lipinski definition) is 3. The maximum absolute atomic E-state index is 12.5. The lowest BCUT2D eigenvalue weighted by Gasteiger charge is -2.34. The van der Waals surface area contributed by atoms with Gasteiger partial charge >= 0.3 is 0 Å². The fourth-order valence-electron chi connectivity index (χ4n) is 3.94. The summed E-state index contributed by atoms with van der Waals surface area (Å²) in [5.74, 6) is -0.0237. The molecule has 3 heterocycles. The molecule has 1 aliphatic rings. The lowest BCUT2D eigenvalue weighted by atomic mass is 9.93. The Morgan fingerprint density at radius 2 is 2.22 bits per heavy atom. The number of nitrogens with zero attached hydrogens (tertiary/aromatic N) is 3. The minimum atomic E-state index is -0.107. The number of H-pyrrole nitrogens is 1. The second-order valence-electron chi connectivity index (χ2n) is 6.81. The van der Waals surface area contributed by atoms with Crippen LogP contribution in [0, 0.1) is 0 Å². The van der Waals surface area contributed by atoms with Crippen LogP contribution < -0.4 is 0 Å². The van der Waals surface area contributed by atoms with Crippen molar-refractivity contribution < 1.29 is 9.53 Å². The van der Waals surface area contributed by atoms with E-state index in [-0.39, 0.29) is 18.6 Å². The Morgan fingerprint density at radius 1 is 1.44 bits per heavy atom. The number of aromatic nitrogens is 3. The van der Waals surface area contributed by atoms with Crippen LogP contribution in [0.1, 0.15) is 24.2 Å². The molecule has 3 aromatic rings. The zero-order valence-electron chi connectivity index (χ0n) is 15.3.